The highest BCUT2D eigenvalue weighted by Gasteiger charge is 2.56. The zero-order chi connectivity index (χ0) is 25.0. The van der Waals surface area contributed by atoms with Gasteiger partial charge >= 0.3 is 5.97 Å². The molecule has 2 aliphatic rings. The molecular weight excluding hydrogens is 460 g/mol. The molecule has 184 valence electrons. The van der Waals surface area contributed by atoms with Gasteiger partial charge in [0.25, 0.3) is 0 Å². The molecule has 35 heavy (non-hydrogen) atoms. The number of thiazole rings is 1. The molecule has 2 aliphatic carbocycles. The van der Waals surface area contributed by atoms with E-state index >= 15 is 0 Å². The molecular formula is C27H32N4O3S. The van der Waals surface area contributed by atoms with Crippen LogP contribution in [0.15, 0.2) is 36.7 Å². The number of aliphatic carboxylic acids is 1. The van der Waals surface area contributed by atoms with Crippen LogP contribution in [0.2, 0.25) is 0 Å². The van der Waals surface area contributed by atoms with E-state index in [-0.39, 0.29) is 0 Å². The van der Waals surface area contributed by atoms with Gasteiger partial charge in [-0.3, -0.25) is 4.79 Å². The van der Waals surface area contributed by atoms with Crippen LogP contribution in [-0.2, 0) is 10.4 Å². The van der Waals surface area contributed by atoms with Gasteiger partial charge in [-0.25, -0.2) is 15.0 Å². The van der Waals surface area contributed by atoms with Gasteiger partial charge < -0.3 is 15.5 Å². The molecule has 3 N–H and O–H groups in total. The van der Waals surface area contributed by atoms with Crippen LogP contribution in [0.25, 0.3) is 10.4 Å². The number of hydrogen-bond acceptors (Lipinski definition) is 7. The highest BCUT2D eigenvalue weighted by atomic mass is 32.1. The van der Waals surface area contributed by atoms with Crippen molar-refractivity contribution in [1.29, 1.82) is 0 Å². The van der Waals surface area contributed by atoms with E-state index in [1.54, 1.807) is 19.3 Å². The Morgan fingerprint density at radius 2 is 1.91 bits per heavy atom. The second-order valence-corrected chi connectivity index (χ2v) is 12.1. The van der Waals surface area contributed by atoms with Crippen LogP contribution in [0.3, 0.4) is 0 Å². The number of carboxylic acid groups (broad SMARTS) is 1. The summed E-state index contributed by atoms with van der Waals surface area (Å²) in [6.45, 7) is 7.69. The molecule has 3 aromatic rings. The lowest BCUT2D eigenvalue weighted by Gasteiger charge is -2.50. The number of aryl methyl sites for hydroxylation is 1. The number of carboxylic acids is 1. The van der Waals surface area contributed by atoms with Crippen molar-refractivity contribution >= 4 is 28.9 Å². The number of nitrogens with zero attached hydrogens (tertiary/aromatic N) is 3. The fourth-order valence-electron chi connectivity index (χ4n) is 5.18. The van der Waals surface area contributed by atoms with Crippen molar-refractivity contribution in [3.8, 4) is 10.4 Å². The SMILES string of the molecule is Cc1cc(Nc2nccc(C3CC3)n2)cc(-c2cnc(C3(O)CCC(C)(C(=O)O)C(C)(C)C3)s2)c1. The Bertz CT molecular complexity index is 1280. The molecule has 1 aromatic carbocycles. The van der Waals surface area contributed by atoms with Crippen molar-refractivity contribution in [3.63, 3.8) is 0 Å². The molecule has 0 aliphatic heterocycles. The topological polar surface area (TPSA) is 108 Å². The van der Waals surface area contributed by atoms with Crippen molar-refractivity contribution < 1.29 is 15.0 Å². The average molecular weight is 493 g/mol. The molecule has 0 amide bonds. The number of aliphatic hydroxyl groups is 1. The third-order valence-electron chi connectivity index (χ3n) is 7.93. The molecule has 0 spiro atoms. The van der Waals surface area contributed by atoms with Crippen LogP contribution in [-0.4, -0.2) is 31.1 Å². The molecule has 2 atom stereocenters. The summed E-state index contributed by atoms with van der Waals surface area (Å²) in [4.78, 5) is 26.6. The summed E-state index contributed by atoms with van der Waals surface area (Å²) < 4.78 is 0. The number of carbonyl (C=O) groups is 1. The van der Waals surface area contributed by atoms with Gasteiger partial charge in [0, 0.05) is 29.7 Å². The number of rotatable bonds is 6. The van der Waals surface area contributed by atoms with Crippen LogP contribution in [0, 0.1) is 17.8 Å². The van der Waals surface area contributed by atoms with Crippen molar-refractivity contribution in [2.24, 2.45) is 10.8 Å². The zero-order valence-electron chi connectivity index (χ0n) is 20.6. The maximum Gasteiger partial charge on any atom is 0.309 e. The van der Waals surface area contributed by atoms with Gasteiger partial charge in [0.05, 0.1) is 10.3 Å². The van der Waals surface area contributed by atoms with E-state index in [1.165, 1.54) is 24.2 Å². The molecule has 0 radical (unpaired) electrons. The van der Waals surface area contributed by atoms with Gasteiger partial charge in [0.15, 0.2) is 0 Å². The largest absolute Gasteiger partial charge is 0.481 e. The smallest absolute Gasteiger partial charge is 0.309 e. The van der Waals surface area contributed by atoms with Crippen molar-refractivity contribution in [2.45, 2.75) is 71.3 Å². The maximum absolute atomic E-state index is 12.0. The number of aromatic nitrogens is 3. The average Bonchev–Trinajstić information content (AvgIpc) is 3.51. The van der Waals surface area contributed by atoms with E-state index in [0.717, 1.165) is 27.4 Å². The van der Waals surface area contributed by atoms with Crippen molar-refractivity contribution in [2.75, 3.05) is 5.32 Å². The molecule has 2 aromatic heterocycles. The van der Waals surface area contributed by atoms with Crippen LogP contribution in [0.1, 0.15) is 75.1 Å². The lowest BCUT2D eigenvalue weighted by atomic mass is 9.55. The van der Waals surface area contributed by atoms with Crippen LogP contribution in [0.5, 0.6) is 0 Å². The summed E-state index contributed by atoms with van der Waals surface area (Å²) in [6, 6.07) is 8.19. The quantitative estimate of drug-likeness (QED) is 0.386. The monoisotopic (exact) mass is 492 g/mol. The minimum atomic E-state index is -1.14. The van der Waals surface area contributed by atoms with E-state index in [9.17, 15) is 15.0 Å². The summed E-state index contributed by atoms with van der Waals surface area (Å²) in [6.07, 6.45) is 7.12. The van der Waals surface area contributed by atoms with E-state index in [1.807, 2.05) is 32.9 Å². The number of hydrogen-bond donors (Lipinski definition) is 3. The number of benzene rings is 1. The van der Waals surface area contributed by atoms with Crippen molar-refractivity contribution in [3.05, 3.63) is 52.9 Å². The lowest BCUT2D eigenvalue weighted by Crippen LogP contribution is -2.51. The summed E-state index contributed by atoms with van der Waals surface area (Å²) in [7, 11) is 0. The van der Waals surface area contributed by atoms with Gasteiger partial charge in [-0.15, -0.1) is 11.3 Å². The lowest BCUT2D eigenvalue weighted by molar-refractivity contribution is -0.170. The highest BCUT2D eigenvalue weighted by Crippen LogP contribution is 2.57. The van der Waals surface area contributed by atoms with E-state index in [0.29, 0.717) is 36.1 Å². The fraction of sp³-hybridized carbons (Fsp3) is 0.481. The third-order valence-corrected chi connectivity index (χ3v) is 9.17. The van der Waals surface area contributed by atoms with Crippen LogP contribution in [0.4, 0.5) is 11.6 Å². The molecule has 5 rings (SSSR count). The molecule has 2 unspecified atom stereocenters. The number of anilines is 2. The molecule has 0 saturated heterocycles. The third kappa shape index (κ3) is 4.45. The Balaban J connectivity index is 1.39. The zero-order valence-corrected chi connectivity index (χ0v) is 21.4. The van der Waals surface area contributed by atoms with Gasteiger partial charge in [0.1, 0.15) is 10.6 Å². The molecule has 8 heteroatoms. The first-order valence-corrected chi connectivity index (χ1v) is 12.9. The Morgan fingerprint density at radius 1 is 1.14 bits per heavy atom. The van der Waals surface area contributed by atoms with Gasteiger partial charge in [-0.2, -0.15) is 0 Å². The van der Waals surface area contributed by atoms with Crippen molar-refractivity contribution in [1.82, 2.24) is 15.0 Å². The Morgan fingerprint density at radius 3 is 2.60 bits per heavy atom. The standard InChI is InChI=1S/C27H32N4O3S/c1-16-11-18(13-19(12-16)30-24-28-10-7-20(31-24)17-5-6-17)21-14-29-22(35-21)27(34)9-8-26(4,23(32)33)25(2,3)15-27/h7,10-14,17,34H,5-6,8-9,15H2,1-4H3,(H,32,33)(H,28,30,31). The summed E-state index contributed by atoms with van der Waals surface area (Å²) >= 11 is 1.47. The predicted octanol–water partition coefficient (Wildman–Crippen LogP) is 6.02. The van der Waals surface area contributed by atoms with E-state index in [2.05, 4.69) is 32.4 Å². The van der Waals surface area contributed by atoms with Crippen LogP contribution < -0.4 is 5.32 Å². The molecule has 0 bridgehead atoms. The molecule has 2 heterocycles. The molecule has 2 fully saturated rings. The van der Waals surface area contributed by atoms with Gasteiger partial charge in [0.2, 0.25) is 5.95 Å². The number of nitrogens with one attached hydrogen (secondary N) is 1. The second-order valence-electron chi connectivity index (χ2n) is 11.1. The first-order valence-electron chi connectivity index (χ1n) is 12.1. The predicted molar refractivity (Wildman–Crippen MR) is 137 cm³/mol. The highest BCUT2D eigenvalue weighted by molar-refractivity contribution is 7.15. The van der Waals surface area contributed by atoms with E-state index < -0.39 is 22.4 Å². The minimum Gasteiger partial charge on any atom is -0.481 e. The molecule has 2 saturated carbocycles. The van der Waals surface area contributed by atoms with Gasteiger partial charge in [-0.05, 0) is 80.7 Å². The fourth-order valence-corrected chi connectivity index (χ4v) is 6.20. The molecule has 7 nitrogen and oxygen atoms in total. The van der Waals surface area contributed by atoms with Gasteiger partial charge in [-0.1, -0.05) is 19.9 Å². The normalized spacial score (nSPS) is 25.9. The van der Waals surface area contributed by atoms with Crippen LogP contribution >= 0.6 is 11.3 Å². The second kappa shape index (κ2) is 8.38. The first kappa shape index (κ1) is 23.9. The Kier molecular flexibility index (Phi) is 5.72. The summed E-state index contributed by atoms with van der Waals surface area (Å²) in [5.41, 5.74) is 1.49. The first-order chi connectivity index (χ1) is 16.5. The Labute approximate surface area is 209 Å². The summed E-state index contributed by atoms with van der Waals surface area (Å²) in [5, 5.41) is 25.4. The maximum atomic E-state index is 12.0. The summed E-state index contributed by atoms with van der Waals surface area (Å²) in [5.74, 6) is 0.346. The minimum absolute atomic E-state index is 0.352. The Hall–Kier alpha value is -2.84. The van der Waals surface area contributed by atoms with E-state index in [4.69, 9.17) is 0 Å².